The third-order valence-electron chi connectivity index (χ3n) is 12.2. The lowest BCUT2D eigenvalue weighted by atomic mass is 9.79. The molecule has 0 spiro atoms. The highest BCUT2D eigenvalue weighted by Gasteiger charge is 2.38. The summed E-state index contributed by atoms with van der Waals surface area (Å²) in [6.45, 7) is 4.80. The van der Waals surface area contributed by atoms with Crippen LogP contribution in [0.1, 0.15) is 25.0 Å². The summed E-state index contributed by atoms with van der Waals surface area (Å²) in [7, 11) is 0. The largest absolute Gasteiger partial charge is 0.0622 e. The lowest BCUT2D eigenvalue weighted by Crippen LogP contribution is -2.15. The second-order valence-electron chi connectivity index (χ2n) is 15.6. The first-order valence-electron chi connectivity index (χ1n) is 19.4. The summed E-state index contributed by atoms with van der Waals surface area (Å²) in [6, 6.07) is 72.0. The molecule has 0 nitrogen and oxygen atoms in total. The van der Waals surface area contributed by atoms with Crippen LogP contribution in [0.4, 0.5) is 0 Å². The lowest BCUT2D eigenvalue weighted by Gasteiger charge is -2.24. The van der Waals surface area contributed by atoms with Gasteiger partial charge in [-0.25, -0.2) is 0 Å². The summed E-state index contributed by atoms with van der Waals surface area (Å²) < 4.78 is 0. The Hall–Kier alpha value is -6.76. The van der Waals surface area contributed by atoms with Gasteiger partial charge >= 0.3 is 0 Å². The van der Waals surface area contributed by atoms with Gasteiger partial charge < -0.3 is 0 Å². The zero-order chi connectivity index (χ0) is 36.7. The van der Waals surface area contributed by atoms with E-state index in [4.69, 9.17) is 0 Å². The van der Waals surface area contributed by atoms with Crippen molar-refractivity contribution in [1.82, 2.24) is 0 Å². The van der Waals surface area contributed by atoms with Crippen molar-refractivity contribution in [2.45, 2.75) is 19.3 Å². The van der Waals surface area contributed by atoms with Crippen molar-refractivity contribution in [3.63, 3.8) is 0 Å². The van der Waals surface area contributed by atoms with E-state index in [0.717, 1.165) is 0 Å². The minimum atomic E-state index is -0.116. The van der Waals surface area contributed by atoms with Crippen LogP contribution in [0.25, 0.3) is 98.7 Å². The smallest absolute Gasteiger partial charge is 0.0165 e. The Bertz CT molecular complexity index is 3100. The molecule has 1 aliphatic rings. The number of hydrogen-bond donors (Lipinski definition) is 0. The Morgan fingerprint density at radius 1 is 0.273 bits per heavy atom. The molecule has 1 aliphatic carbocycles. The molecule has 0 atom stereocenters. The van der Waals surface area contributed by atoms with E-state index in [9.17, 15) is 0 Å². The summed E-state index contributed by atoms with van der Waals surface area (Å²) in [5.41, 5.74) is 15.4. The van der Waals surface area contributed by atoms with E-state index in [-0.39, 0.29) is 5.41 Å². The molecule has 0 bridgehead atoms. The number of benzene rings is 10. The molecule has 11 rings (SSSR count). The van der Waals surface area contributed by atoms with Crippen LogP contribution in [0.5, 0.6) is 0 Å². The second-order valence-corrected chi connectivity index (χ2v) is 15.6. The van der Waals surface area contributed by atoms with E-state index in [1.165, 1.54) is 110 Å². The summed E-state index contributed by atoms with van der Waals surface area (Å²) in [4.78, 5) is 0. The van der Waals surface area contributed by atoms with Crippen molar-refractivity contribution in [2.75, 3.05) is 0 Å². The maximum atomic E-state index is 2.46. The number of rotatable bonds is 4. The van der Waals surface area contributed by atoms with E-state index >= 15 is 0 Å². The summed E-state index contributed by atoms with van der Waals surface area (Å²) in [5, 5.41) is 10.4. The van der Waals surface area contributed by atoms with Gasteiger partial charge in [0.25, 0.3) is 0 Å². The van der Waals surface area contributed by atoms with Crippen LogP contribution in [-0.4, -0.2) is 0 Å². The normalized spacial score (nSPS) is 13.1. The van der Waals surface area contributed by atoms with Crippen LogP contribution in [0.3, 0.4) is 0 Å². The minimum Gasteiger partial charge on any atom is -0.0622 e. The van der Waals surface area contributed by atoms with Crippen LogP contribution < -0.4 is 0 Å². The number of hydrogen-bond acceptors (Lipinski definition) is 0. The van der Waals surface area contributed by atoms with Crippen LogP contribution in [0, 0.1) is 0 Å². The standard InChI is InChI=1S/C55H38/c1-55(2)50-31-30-38(34-49(50)53-43-24-8-6-22-41(43)42-23-7-13-29-48(42)54(53)55)37-19-15-21-40(33-37)52-46-27-11-9-25-44(46)51(45-26-10-12-28-47(45)52)39-20-14-18-36(32-39)35-16-4-3-5-17-35/h3-34H,1-2H3. The molecular weight excluding hydrogens is 661 g/mol. The quantitative estimate of drug-likeness (QED) is 0.127. The van der Waals surface area contributed by atoms with Crippen molar-refractivity contribution >= 4 is 43.1 Å². The van der Waals surface area contributed by atoms with Crippen molar-refractivity contribution in [1.29, 1.82) is 0 Å². The topological polar surface area (TPSA) is 0 Å². The molecule has 0 aliphatic heterocycles. The maximum absolute atomic E-state index is 2.46. The molecule has 0 radical (unpaired) electrons. The molecule has 0 heterocycles. The van der Waals surface area contributed by atoms with Crippen molar-refractivity contribution < 1.29 is 0 Å². The number of fused-ring (bicyclic) bond motifs is 10. The van der Waals surface area contributed by atoms with Gasteiger partial charge in [0.1, 0.15) is 0 Å². The highest BCUT2D eigenvalue weighted by atomic mass is 14.4. The molecule has 0 amide bonds. The lowest BCUT2D eigenvalue weighted by molar-refractivity contribution is 0.666. The van der Waals surface area contributed by atoms with Gasteiger partial charge in [-0.3, -0.25) is 0 Å². The average Bonchev–Trinajstić information content (AvgIpc) is 3.49. The predicted molar refractivity (Wildman–Crippen MR) is 236 cm³/mol. The van der Waals surface area contributed by atoms with Crippen molar-refractivity contribution in [2.24, 2.45) is 0 Å². The molecule has 10 aromatic carbocycles. The van der Waals surface area contributed by atoms with Gasteiger partial charge in [-0.1, -0.05) is 190 Å². The van der Waals surface area contributed by atoms with Gasteiger partial charge in [0, 0.05) is 5.41 Å². The molecule has 0 aromatic heterocycles. The summed E-state index contributed by atoms with van der Waals surface area (Å²) in [5.74, 6) is 0. The first kappa shape index (κ1) is 31.7. The fourth-order valence-corrected chi connectivity index (χ4v) is 9.77. The molecule has 0 unspecified atom stereocenters. The third-order valence-corrected chi connectivity index (χ3v) is 12.2. The highest BCUT2D eigenvalue weighted by molar-refractivity contribution is 6.22. The predicted octanol–water partition coefficient (Wildman–Crippen LogP) is 15.3. The van der Waals surface area contributed by atoms with Gasteiger partial charge in [0.2, 0.25) is 0 Å². The molecule has 0 saturated heterocycles. The molecular formula is C55H38. The Morgan fingerprint density at radius 3 is 1.20 bits per heavy atom. The highest BCUT2D eigenvalue weighted by Crippen LogP contribution is 2.55. The van der Waals surface area contributed by atoms with E-state index in [2.05, 4.69) is 208 Å². The average molecular weight is 699 g/mol. The maximum Gasteiger partial charge on any atom is 0.0165 e. The van der Waals surface area contributed by atoms with Crippen LogP contribution >= 0.6 is 0 Å². The first-order valence-corrected chi connectivity index (χ1v) is 19.4. The summed E-state index contributed by atoms with van der Waals surface area (Å²) in [6.07, 6.45) is 0. The summed E-state index contributed by atoms with van der Waals surface area (Å²) >= 11 is 0. The first-order chi connectivity index (χ1) is 27.1. The second kappa shape index (κ2) is 12.1. The molecule has 0 fully saturated rings. The van der Waals surface area contributed by atoms with Gasteiger partial charge in [-0.2, -0.15) is 0 Å². The zero-order valence-electron chi connectivity index (χ0n) is 31.0. The fourth-order valence-electron chi connectivity index (χ4n) is 9.77. The van der Waals surface area contributed by atoms with Crippen LogP contribution in [-0.2, 0) is 5.41 Å². The monoisotopic (exact) mass is 698 g/mol. The Balaban J connectivity index is 1.10. The minimum absolute atomic E-state index is 0.116. The fraction of sp³-hybridized carbons (Fsp3) is 0.0545. The van der Waals surface area contributed by atoms with Gasteiger partial charge in [0.15, 0.2) is 0 Å². The molecule has 55 heavy (non-hydrogen) atoms. The van der Waals surface area contributed by atoms with Crippen molar-refractivity contribution in [3.8, 4) is 55.6 Å². The molecule has 10 aromatic rings. The SMILES string of the molecule is CC1(C)c2ccc(-c3cccc(-c4c5ccccc5c(-c5cccc(-c6ccccc6)c5)c5ccccc45)c3)cc2-c2c1c1ccccc1c1ccccc21. The van der Waals surface area contributed by atoms with Gasteiger partial charge in [0.05, 0.1) is 0 Å². The van der Waals surface area contributed by atoms with Gasteiger partial charge in [-0.15, -0.1) is 0 Å². The molecule has 0 saturated carbocycles. The van der Waals surface area contributed by atoms with Crippen LogP contribution in [0.2, 0.25) is 0 Å². The molecule has 258 valence electrons. The Labute approximate surface area is 322 Å². The molecule has 0 heteroatoms. The molecule has 0 N–H and O–H groups in total. The zero-order valence-corrected chi connectivity index (χ0v) is 31.0. The van der Waals surface area contributed by atoms with E-state index in [1.807, 2.05) is 0 Å². The Kier molecular flexibility index (Phi) is 7.00. The van der Waals surface area contributed by atoms with E-state index < -0.39 is 0 Å². The van der Waals surface area contributed by atoms with Gasteiger partial charge in [-0.05, 0) is 128 Å². The van der Waals surface area contributed by atoms with E-state index in [1.54, 1.807) is 0 Å². The third kappa shape index (κ3) is 4.78. The van der Waals surface area contributed by atoms with Crippen molar-refractivity contribution in [3.05, 3.63) is 205 Å². The van der Waals surface area contributed by atoms with Crippen LogP contribution in [0.15, 0.2) is 194 Å². The van der Waals surface area contributed by atoms with E-state index in [0.29, 0.717) is 0 Å². The Morgan fingerprint density at radius 2 is 0.655 bits per heavy atom.